The molecule has 0 heterocycles. The average molecular weight is 383 g/mol. The van der Waals surface area contributed by atoms with Gasteiger partial charge >= 0.3 is 0 Å². The van der Waals surface area contributed by atoms with Gasteiger partial charge in [-0.1, -0.05) is 29.8 Å². The molecule has 1 atom stereocenters. The van der Waals surface area contributed by atoms with Crippen molar-refractivity contribution < 1.29 is 19.1 Å². The van der Waals surface area contributed by atoms with Crippen molar-refractivity contribution in [1.29, 1.82) is 0 Å². The van der Waals surface area contributed by atoms with Gasteiger partial charge in [0, 0.05) is 19.7 Å². The molecule has 2 rings (SSSR count). The van der Waals surface area contributed by atoms with Gasteiger partial charge in [-0.15, -0.1) is 0 Å². The third kappa shape index (κ3) is 5.57. The summed E-state index contributed by atoms with van der Waals surface area (Å²) >= 11 is 0. The molecule has 7 heteroatoms. The third-order valence-electron chi connectivity index (χ3n) is 4.27. The molecule has 0 bridgehead atoms. The molecule has 0 aliphatic carbocycles. The smallest absolute Gasteiger partial charge is 0.251 e. The molecule has 0 spiro atoms. The number of carbonyl (C=O) groups excluding carboxylic acids is 3. The summed E-state index contributed by atoms with van der Waals surface area (Å²) < 4.78 is 5.12. The largest absolute Gasteiger partial charge is 0.497 e. The van der Waals surface area contributed by atoms with E-state index in [0.29, 0.717) is 17.0 Å². The van der Waals surface area contributed by atoms with Gasteiger partial charge in [0.25, 0.3) is 5.91 Å². The fraction of sp³-hybridized carbons (Fsp3) is 0.286. The van der Waals surface area contributed by atoms with Gasteiger partial charge in [0.1, 0.15) is 11.8 Å². The fourth-order valence-electron chi connectivity index (χ4n) is 2.65. The minimum absolute atomic E-state index is 0.177. The molecule has 28 heavy (non-hydrogen) atoms. The molecule has 2 aromatic rings. The second kappa shape index (κ2) is 9.55. The highest BCUT2D eigenvalue weighted by Crippen LogP contribution is 2.23. The predicted octanol–water partition coefficient (Wildman–Crippen LogP) is 2.28. The zero-order valence-corrected chi connectivity index (χ0v) is 16.5. The van der Waals surface area contributed by atoms with E-state index in [1.807, 2.05) is 31.2 Å². The Morgan fingerprint density at radius 3 is 2.18 bits per heavy atom. The number of amides is 3. The number of methoxy groups -OCH3 is 1. The first-order chi connectivity index (χ1) is 13.3. The number of ether oxygens (including phenoxy) is 1. The first kappa shape index (κ1) is 21.0. The zero-order valence-electron chi connectivity index (χ0n) is 16.5. The molecule has 0 aliphatic rings. The maximum absolute atomic E-state index is 13.0. The molecular formula is C21H25N3O4. The van der Waals surface area contributed by atoms with Gasteiger partial charge in [0.15, 0.2) is 0 Å². The van der Waals surface area contributed by atoms with Crippen molar-refractivity contribution in [2.75, 3.05) is 26.0 Å². The van der Waals surface area contributed by atoms with Crippen LogP contribution in [0.15, 0.2) is 48.5 Å². The van der Waals surface area contributed by atoms with Gasteiger partial charge in [0.05, 0.1) is 13.7 Å². The van der Waals surface area contributed by atoms with E-state index in [1.54, 1.807) is 38.4 Å². The second-order valence-corrected chi connectivity index (χ2v) is 6.45. The maximum atomic E-state index is 13.0. The van der Waals surface area contributed by atoms with Crippen LogP contribution >= 0.6 is 0 Å². The normalized spacial score (nSPS) is 11.3. The molecule has 0 fully saturated rings. The topological polar surface area (TPSA) is 87.7 Å². The summed E-state index contributed by atoms with van der Waals surface area (Å²) in [6, 6.07) is 13.5. The lowest BCUT2D eigenvalue weighted by Gasteiger charge is -2.28. The average Bonchev–Trinajstić information content (AvgIpc) is 2.68. The molecule has 3 amide bonds. The SMILES string of the molecule is COc1ccc(NC(=O)[C@@H](c2ccc(C)cc2)N(C)C(=O)CNC(C)=O)cc1. The van der Waals surface area contributed by atoms with Crippen LogP contribution in [-0.4, -0.2) is 43.3 Å². The van der Waals surface area contributed by atoms with Crippen molar-refractivity contribution in [1.82, 2.24) is 10.2 Å². The fourth-order valence-corrected chi connectivity index (χ4v) is 2.65. The highest BCUT2D eigenvalue weighted by atomic mass is 16.5. The lowest BCUT2D eigenvalue weighted by molar-refractivity contribution is -0.137. The van der Waals surface area contributed by atoms with Gasteiger partial charge in [-0.2, -0.15) is 0 Å². The summed E-state index contributed by atoms with van der Waals surface area (Å²) in [5.41, 5.74) is 2.31. The van der Waals surface area contributed by atoms with Crippen molar-refractivity contribution in [3.63, 3.8) is 0 Å². The van der Waals surface area contributed by atoms with Crippen molar-refractivity contribution in [3.05, 3.63) is 59.7 Å². The Morgan fingerprint density at radius 2 is 1.64 bits per heavy atom. The predicted molar refractivity (Wildman–Crippen MR) is 107 cm³/mol. The van der Waals surface area contributed by atoms with E-state index in [1.165, 1.54) is 11.8 Å². The summed E-state index contributed by atoms with van der Waals surface area (Å²) in [4.78, 5) is 37.9. The Kier molecular flexibility index (Phi) is 7.14. The molecule has 2 N–H and O–H groups in total. The number of carbonyl (C=O) groups is 3. The monoisotopic (exact) mass is 383 g/mol. The highest BCUT2D eigenvalue weighted by molar-refractivity contribution is 5.98. The lowest BCUT2D eigenvalue weighted by Crippen LogP contribution is -2.43. The Morgan fingerprint density at radius 1 is 1.04 bits per heavy atom. The van der Waals surface area contributed by atoms with Crippen molar-refractivity contribution in [2.45, 2.75) is 19.9 Å². The minimum atomic E-state index is -0.844. The number of hydrogen-bond acceptors (Lipinski definition) is 4. The van der Waals surface area contributed by atoms with E-state index < -0.39 is 6.04 Å². The molecule has 0 aliphatic heterocycles. The molecule has 7 nitrogen and oxygen atoms in total. The Bertz CT molecular complexity index is 832. The van der Waals surface area contributed by atoms with Crippen LogP contribution in [0.25, 0.3) is 0 Å². The summed E-state index contributed by atoms with van der Waals surface area (Å²) in [5.74, 6) is -0.356. The first-order valence-corrected chi connectivity index (χ1v) is 8.83. The number of rotatable bonds is 7. The highest BCUT2D eigenvalue weighted by Gasteiger charge is 2.28. The van der Waals surface area contributed by atoms with Gasteiger partial charge in [-0.25, -0.2) is 0 Å². The van der Waals surface area contributed by atoms with Crippen LogP contribution in [0.1, 0.15) is 24.1 Å². The Balaban J connectivity index is 2.25. The number of aryl methyl sites for hydroxylation is 1. The number of hydrogen-bond donors (Lipinski definition) is 2. The molecule has 0 aromatic heterocycles. The molecular weight excluding hydrogens is 358 g/mol. The van der Waals surface area contributed by atoms with Crippen molar-refractivity contribution in [2.24, 2.45) is 0 Å². The second-order valence-electron chi connectivity index (χ2n) is 6.45. The number of likely N-dealkylation sites (N-methyl/N-ethyl adjacent to an activating group) is 1. The Labute approximate surface area is 164 Å². The molecule has 2 aromatic carbocycles. The van der Waals surface area contributed by atoms with E-state index in [9.17, 15) is 14.4 Å². The van der Waals surface area contributed by atoms with Crippen LogP contribution in [-0.2, 0) is 14.4 Å². The van der Waals surface area contributed by atoms with E-state index in [4.69, 9.17) is 4.74 Å². The van der Waals surface area contributed by atoms with Crippen LogP contribution in [0.2, 0.25) is 0 Å². The first-order valence-electron chi connectivity index (χ1n) is 8.83. The van der Waals surface area contributed by atoms with Gasteiger partial charge < -0.3 is 20.3 Å². The third-order valence-corrected chi connectivity index (χ3v) is 4.27. The van der Waals surface area contributed by atoms with E-state index >= 15 is 0 Å². The number of anilines is 1. The van der Waals surface area contributed by atoms with Crippen molar-refractivity contribution >= 4 is 23.4 Å². The molecule has 0 unspecified atom stereocenters. The van der Waals surface area contributed by atoms with Crippen LogP contribution < -0.4 is 15.4 Å². The number of nitrogens with one attached hydrogen (secondary N) is 2. The van der Waals surface area contributed by atoms with Gasteiger partial charge in [0.2, 0.25) is 11.8 Å². The van der Waals surface area contributed by atoms with Crippen molar-refractivity contribution in [3.8, 4) is 5.75 Å². The number of benzene rings is 2. The summed E-state index contributed by atoms with van der Waals surface area (Å²) in [5, 5.41) is 5.30. The molecule has 0 saturated heterocycles. The summed E-state index contributed by atoms with van der Waals surface area (Å²) in [7, 11) is 3.11. The van der Waals surface area contributed by atoms with Crippen LogP contribution in [0, 0.1) is 6.92 Å². The summed E-state index contributed by atoms with van der Waals surface area (Å²) in [6.45, 7) is 3.10. The van der Waals surface area contributed by atoms with Crippen LogP contribution in [0.5, 0.6) is 5.75 Å². The molecule has 148 valence electrons. The number of nitrogens with zero attached hydrogens (tertiary/aromatic N) is 1. The quantitative estimate of drug-likeness (QED) is 0.768. The van der Waals surface area contributed by atoms with E-state index in [0.717, 1.165) is 5.56 Å². The lowest BCUT2D eigenvalue weighted by atomic mass is 10.0. The van der Waals surface area contributed by atoms with Crippen LogP contribution in [0.3, 0.4) is 0 Å². The maximum Gasteiger partial charge on any atom is 0.251 e. The van der Waals surface area contributed by atoms with E-state index in [2.05, 4.69) is 10.6 Å². The molecule has 0 saturated carbocycles. The molecule has 0 radical (unpaired) electrons. The zero-order chi connectivity index (χ0) is 20.7. The van der Waals surface area contributed by atoms with Gasteiger partial charge in [-0.05, 0) is 36.8 Å². The van der Waals surface area contributed by atoms with Gasteiger partial charge in [-0.3, -0.25) is 14.4 Å². The standard InChI is InChI=1S/C21H25N3O4/c1-14-5-7-16(8-6-14)20(24(3)19(26)13-22-15(2)25)21(27)23-17-9-11-18(28-4)12-10-17/h5-12,20H,13H2,1-4H3,(H,22,25)(H,23,27)/t20-/m1/s1. The Hall–Kier alpha value is -3.35. The minimum Gasteiger partial charge on any atom is -0.497 e. The van der Waals surface area contributed by atoms with Crippen LogP contribution in [0.4, 0.5) is 5.69 Å². The van der Waals surface area contributed by atoms with E-state index in [-0.39, 0.29) is 24.3 Å². The summed E-state index contributed by atoms with van der Waals surface area (Å²) in [6.07, 6.45) is 0.